The molecule has 0 amide bonds. The van der Waals surface area contributed by atoms with Crippen LogP contribution in [-0.2, 0) is 4.57 Å². The van der Waals surface area contributed by atoms with E-state index in [1.165, 1.54) is 12.8 Å². The quantitative estimate of drug-likeness (QED) is 0.404. The van der Waals surface area contributed by atoms with E-state index >= 15 is 0 Å². The van der Waals surface area contributed by atoms with Crippen LogP contribution in [0, 0.1) is 0 Å². The first kappa shape index (κ1) is 16.7. The van der Waals surface area contributed by atoms with Gasteiger partial charge in [0.05, 0.1) is 0 Å². The van der Waals surface area contributed by atoms with Gasteiger partial charge in [0.2, 0.25) is 7.29 Å². The summed E-state index contributed by atoms with van der Waals surface area (Å²) in [6.07, 6.45) is 4.39. The molecule has 0 radical (unpaired) electrons. The molecule has 22 heavy (non-hydrogen) atoms. The molecule has 0 aromatic heterocycles. The molecule has 0 unspecified atom stereocenters. The van der Waals surface area contributed by atoms with Crippen molar-refractivity contribution in [1.29, 1.82) is 0 Å². The molecule has 0 saturated carbocycles. The van der Waals surface area contributed by atoms with Crippen LogP contribution in [0.5, 0.6) is 0 Å². The number of rotatable bonds is 7. The number of hydrogen-bond donors (Lipinski definition) is 0. The highest BCUT2D eigenvalue weighted by molar-refractivity contribution is 7.77. The Hall–Kier alpha value is -1.66. The highest BCUT2D eigenvalue weighted by atomic mass is 31.2. The van der Waals surface area contributed by atoms with Crippen molar-refractivity contribution in [2.75, 3.05) is 0 Å². The molecule has 2 nitrogen and oxygen atoms in total. The second kappa shape index (κ2) is 8.10. The maximum absolute atomic E-state index is 13.7. The monoisotopic (exact) mass is 313 g/mol. The molecule has 0 bridgehead atoms. The number of nitrogens with zero attached hydrogens (tertiary/aromatic N) is 1. The zero-order chi connectivity index (χ0) is 15.8. The zero-order valence-electron chi connectivity index (χ0n) is 13.4. The zero-order valence-corrected chi connectivity index (χ0v) is 14.3. The minimum absolute atomic E-state index is 0.802. The predicted molar refractivity (Wildman–Crippen MR) is 97.0 cm³/mol. The van der Waals surface area contributed by atoms with Gasteiger partial charge < -0.3 is 0 Å². The molecular weight excluding hydrogens is 289 g/mol. The van der Waals surface area contributed by atoms with Crippen LogP contribution in [-0.4, -0.2) is 5.71 Å². The van der Waals surface area contributed by atoms with Crippen LogP contribution < -0.4 is 10.6 Å². The van der Waals surface area contributed by atoms with E-state index in [2.05, 4.69) is 6.92 Å². The van der Waals surface area contributed by atoms with Gasteiger partial charge in [-0.3, -0.25) is 4.57 Å². The van der Waals surface area contributed by atoms with E-state index < -0.39 is 7.29 Å². The number of hydrogen-bond acceptors (Lipinski definition) is 1. The van der Waals surface area contributed by atoms with Crippen molar-refractivity contribution in [1.82, 2.24) is 0 Å². The number of unbranched alkanes of at least 4 members (excludes halogenated alkanes) is 2. The molecule has 0 aliphatic rings. The van der Waals surface area contributed by atoms with Crippen molar-refractivity contribution in [3.05, 3.63) is 60.7 Å². The van der Waals surface area contributed by atoms with Crippen molar-refractivity contribution in [2.24, 2.45) is 4.76 Å². The van der Waals surface area contributed by atoms with E-state index in [9.17, 15) is 4.57 Å². The van der Waals surface area contributed by atoms with Gasteiger partial charge in [-0.15, -0.1) is 0 Å². The molecule has 0 aliphatic heterocycles. The van der Waals surface area contributed by atoms with Crippen LogP contribution in [0.3, 0.4) is 0 Å². The van der Waals surface area contributed by atoms with Gasteiger partial charge >= 0.3 is 0 Å². The summed E-state index contributed by atoms with van der Waals surface area (Å²) < 4.78 is 18.4. The molecule has 0 N–H and O–H groups in total. The van der Waals surface area contributed by atoms with Crippen molar-refractivity contribution in [3.63, 3.8) is 0 Å². The summed E-state index contributed by atoms with van der Waals surface area (Å²) in [6, 6.07) is 19.2. The lowest BCUT2D eigenvalue weighted by molar-refractivity contribution is 0.588. The van der Waals surface area contributed by atoms with Gasteiger partial charge in [0.15, 0.2) is 0 Å². The minimum Gasteiger partial charge on any atom is -0.288 e. The molecule has 0 spiro atoms. The van der Waals surface area contributed by atoms with Gasteiger partial charge in [-0.1, -0.05) is 56.2 Å². The van der Waals surface area contributed by atoms with Gasteiger partial charge in [-0.25, -0.2) is 4.76 Å². The average Bonchev–Trinajstić information content (AvgIpc) is 2.56. The average molecular weight is 313 g/mol. The first-order valence-corrected chi connectivity index (χ1v) is 9.59. The molecule has 3 heteroatoms. The Morgan fingerprint density at radius 2 is 1.41 bits per heavy atom. The standard InChI is InChI=1S/C19H24NOP/c1-3-4-7-12-17(2)20-22(21,18-13-8-5-9-14-18)19-15-10-6-11-16-19/h5-6,8-11,13-16H,3-4,7,12H2,1-2H3/b20-17-. The van der Waals surface area contributed by atoms with Crippen LogP contribution in [0.1, 0.15) is 39.5 Å². The molecule has 0 atom stereocenters. The maximum atomic E-state index is 13.7. The Bertz CT molecular complexity index is 606. The topological polar surface area (TPSA) is 29.4 Å². The van der Waals surface area contributed by atoms with E-state index in [-0.39, 0.29) is 0 Å². The third-order valence-electron chi connectivity index (χ3n) is 3.67. The van der Waals surface area contributed by atoms with Crippen LogP contribution >= 0.6 is 7.29 Å². The summed E-state index contributed by atoms with van der Waals surface area (Å²) in [6.45, 7) is 4.18. The lowest BCUT2D eigenvalue weighted by atomic mass is 10.1. The van der Waals surface area contributed by atoms with Gasteiger partial charge in [0, 0.05) is 16.3 Å². The molecule has 0 heterocycles. The maximum Gasteiger partial charge on any atom is 0.247 e. The minimum atomic E-state index is -2.94. The molecule has 2 rings (SSSR count). The van der Waals surface area contributed by atoms with E-state index in [4.69, 9.17) is 4.76 Å². The molecule has 0 fully saturated rings. The Morgan fingerprint density at radius 1 is 0.909 bits per heavy atom. The Morgan fingerprint density at radius 3 is 1.86 bits per heavy atom. The molecular formula is C19H24NOP. The van der Waals surface area contributed by atoms with Crippen molar-refractivity contribution in [2.45, 2.75) is 39.5 Å². The lowest BCUT2D eigenvalue weighted by Crippen LogP contribution is -2.15. The third kappa shape index (κ3) is 4.18. The number of benzene rings is 2. The van der Waals surface area contributed by atoms with Crippen molar-refractivity contribution >= 4 is 23.6 Å². The fourth-order valence-corrected chi connectivity index (χ4v) is 4.71. The normalized spacial score (nSPS) is 12.4. The van der Waals surface area contributed by atoms with E-state index in [0.29, 0.717) is 0 Å². The molecule has 0 saturated heterocycles. The van der Waals surface area contributed by atoms with Crippen LogP contribution in [0.4, 0.5) is 0 Å². The largest absolute Gasteiger partial charge is 0.288 e. The summed E-state index contributed by atoms with van der Waals surface area (Å²) in [5, 5.41) is 1.60. The van der Waals surface area contributed by atoms with Gasteiger partial charge in [0.25, 0.3) is 0 Å². The van der Waals surface area contributed by atoms with E-state index in [1.807, 2.05) is 67.6 Å². The van der Waals surface area contributed by atoms with E-state index in [0.717, 1.165) is 29.2 Å². The second-order valence-electron chi connectivity index (χ2n) is 5.54. The molecule has 2 aromatic carbocycles. The second-order valence-corrected chi connectivity index (χ2v) is 7.92. The summed E-state index contributed by atoms with van der Waals surface area (Å²) >= 11 is 0. The smallest absolute Gasteiger partial charge is 0.247 e. The first-order chi connectivity index (χ1) is 10.7. The summed E-state index contributed by atoms with van der Waals surface area (Å²) in [5.74, 6) is 0. The van der Waals surface area contributed by atoms with Gasteiger partial charge in [-0.05, 0) is 44.0 Å². The first-order valence-electron chi connectivity index (χ1n) is 7.94. The van der Waals surface area contributed by atoms with Crippen LogP contribution in [0.15, 0.2) is 65.4 Å². The van der Waals surface area contributed by atoms with Crippen LogP contribution in [0.2, 0.25) is 0 Å². The Balaban J connectivity index is 2.39. The summed E-state index contributed by atoms with van der Waals surface area (Å²) in [4.78, 5) is 0. The SMILES string of the molecule is CCCCC/C(C)=N\P(=O)(c1ccccc1)c1ccccc1. The molecule has 116 valence electrons. The predicted octanol–water partition coefficient (Wildman–Crippen LogP) is 4.96. The van der Waals surface area contributed by atoms with Gasteiger partial charge in [-0.2, -0.15) is 0 Å². The highest BCUT2D eigenvalue weighted by Gasteiger charge is 2.26. The highest BCUT2D eigenvalue weighted by Crippen LogP contribution is 2.45. The Labute approximate surface area is 133 Å². The van der Waals surface area contributed by atoms with Crippen molar-refractivity contribution in [3.8, 4) is 0 Å². The molecule has 2 aromatic rings. The van der Waals surface area contributed by atoms with Crippen molar-refractivity contribution < 1.29 is 4.57 Å². The summed E-state index contributed by atoms with van der Waals surface area (Å²) in [5.41, 5.74) is 0.976. The van der Waals surface area contributed by atoms with E-state index in [1.54, 1.807) is 0 Å². The Kier molecular flexibility index (Phi) is 6.15. The lowest BCUT2D eigenvalue weighted by Gasteiger charge is -2.16. The fraction of sp³-hybridized carbons (Fsp3) is 0.316. The molecule has 0 aliphatic carbocycles. The summed E-state index contributed by atoms with van der Waals surface area (Å²) in [7, 11) is -2.94. The third-order valence-corrected chi connectivity index (χ3v) is 6.29. The fourth-order valence-electron chi connectivity index (χ4n) is 2.45. The van der Waals surface area contributed by atoms with Crippen LogP contribution in [0.25, 0.3) is 0 Å². The van der Waals surface area contributed by atoms with Gasteiger partial charge in [0.1, 0.15) is 0 Å².